The van der Waals surface area contributed by atoms with E-state index in [1.54, 1.807) is 25.1 Å². The van der Waals surface area contributed by atoms with Crippen LogP contribution in [-0.4, -0.2) is 26.5 Å². The largest absolute Gasteiger partial charge is 0.478 e. The predicted molar refractivity (Wildman–Crippen MR) is 100 cm³/mol. The van der Waals surface area contributed by atoms with E-state index in [1.165, 1.54) is 5.38 Å². The standard InChI is InChI=1S/C17H14ClN3O4S/c1-8-3-4-10(18)5-12(8)20-13(22)6-21-9(2)19-15-14(16(21)23)11(7-26-15)17(24)25/h3-5,7H,6H2,1-2H3,(H,20,22)(H,24,25). The van der Waals surface area contributed by atoms with Gasteiger partial charge in [-0.3, -0.25) is 14.2 Å². The minimum absolute atomic E-state index is 0.0137. The number of aryl methyl sites for hydroxylation is 2. The van der Waals surface area contributed by atoms with Crippen molar-refractivity contribution in [2.45, 2.75) is 20.4 Å². The zero-order valence-electron chi connectivity index (χ0n) is 13.9. The number of aromatic carboxylic acids is 1. The summed E-state index contributed by atoms with van der Waals surface area (Å²) in [5, 5.41) is 13.8. The molecule has 2 heterocycles. The summed E-state index contributed by atoms with van der Waals surface area (Å²) in [4.78, 5) is 41.0. The van der Waals surface area contributed by atoms with Crippen LogP contribution in [0.25, 0.3) is 10.2 Å². The summed E-state index contributed by atoms with van der Waals surface area (Å²) >= 11 is 7.02. The number of hydrogen-bond acceptors (Lipinski definition) is 5. The molecule has 0 aliphatic carbocycles. The first-order chi connectivity index (χ1) is 12.3. The summed E-state index contributed by atoms with van der Waals surface area (Å²) in [5.41, 5.74) is 0.710. The fourth-order valence-corrected chi connectivity index (χ4v) is 3.65. The molecule has 26 heavy (non-hydrogen) atoms. The summed E-state index contributed by atoms with van der Waals surface area (Å²) in [5.74, 6) is -1.31. The van der Waals surface area contributed by atoms with E-state index in [9.17, 15) is 19.5 Å². The lowest BCUT2D eigenvalue weighted by molar-refractivity contribution is -0.116. The number of carbonyl (C=O) groups is 2. The zero-order chi connectivity index (χ0) is 19.0. The number of benzene rings is 1. The zero-order valence-corrected chi connectivity index (χ0v) is 15.4. The maximum absolute atomic E-state index is 12.7. The van der Waals surface area contributed by atoms with Crippen LogP contribution < -0.4 is 10.9 Å². The van der Waals surface area contributed by atoms with E-state index in [1.807, 2.05) is 6.92 Å². The Balaban J connectivity index is 1.96. The topological polar surface area (TPSA) is 101 Å². The average molecular weight is 392 g/mol. The van der Waals surface area contributed by atoms with E-state index in [4.69, 9.17) is 11.6 Å². The molecule has 3 rings (SSSR count). The number of rotatable bonds is 4. The van der Waals surface area contributed by atoms with Crippen LogP contribution >= 0.6 is 22.9 Å². The molecule has 0 spiro atoms. The number of anilines is 1. The van der Waals surface area contributed by atoms with Gasteiger partial charge < -0.3 is 10.4 Å². The lowest BCUT2D eigenvalue weighted by Crippen LogP contribution is -2.30. The lowest BCUT2D eigenvalue weighted by atomic mass is 10.2. The number of halogens is 1. The molecule has 0 aliphatic rings. The second-order valence-electron chi connectivity index (χ2n) is 5.69. The molecule has 1 aromatic carbocycles. The van der Waals surface area contributed by atoms with Gasteiger partial charge in [0.25, 0.3) is 5.56 Å². The van der Waals surface area contributed by atoms with Crippen molar-refractivity contribution in [1.29, 1.82) is 0 Å². The summed E-state index contributed by atoms with van der Waals surface area (Å²) in [6, 6.07) is 5.10. The Morgan fingerprint density at radius 2 is 2.08 bits per heavy atom. The van der Waals surface area contributed by atoms with E-state index >= 15 is 0 Å². The fraction of sp³-hybridized carbons (Fsp3) is 0.176. The van der Waals surface area contributed by atoms with Crippen LogP contribution in [0.3, 0.4) is 0 Å². The van der Waals surface area contributed by atoms with Gasteiger partial charge in [-0.15, -0.1) is 11.3 Å². The lowest BCUT2D eigenvalue weighted by Gasteiger charge is -2.12. The predicted octanol–water partition coefficient (Wildman–Crippen LogP) is 3.07. The monoisotopic (exact) mass is 391 g/mol. The number of nitrogens with zero attached hydrogens (tertiary/aromatic N) is 2. The Morgan fingerprint density at radius 3 is 2.77 bits per heavy atom. The summed E-state index contributed by atoms with van der Waals surface area (Å²) < 4.78 is 1.16. The van der Waals surface area contributed by atoms with Crippen molar-refractivity contribution in [1.82, 2.24) is 9.55 Å². The molecular weight excluding hydrogens is 378 g/mol. The summed E-state index contributed by atoms with van der Waals surface area (Å²) in [7, 11) is 0. The number of carbonyl (C=O) groups excluding carboxylic acids is 1. The van der Waals surface area contributed by atoms with Crippen LogP contribution in [0.2, 0.25) is 5.02 Å². The quantitative estimate of drug-likeness (QED) is 0.711. The Hall–Kier alpha value is -2.71. The van der Waals surface area contributed by atoms with Crippen LogP contribution in [0.15, 0.2) is 28.4 Å². The molecule has 0 atom stereocenters. The molecule has 3 aromatic rings. The molecule has 2 aromatic heterocycles. The average Bonchev–Trinajstić information content (AvgIpc) is 2.99. The molecule has 7 nitrogen and oxygen atoms in total. The van der Waals surface area contributed by atoms with Crippen molar-refractivity contribution in [2.24, 2.45) is 0 Å². The first-order valence-electron chi connectivity index (χ1n) is 7.56. The third-order valence-corrected chi connectivity index (χ3v) is 5.00. The van der Waals surface area contributed by atoms with Gasteiger partial charge in [-0.25, -0.2) is 9.78 Å². The highest BCUT2D eigenvalue weighted by molar-refractivity contribution is 7.17. The van der Waals surface area contributed by atoms with Gasteiger partial charge >= 0.3 is 5.97 Å². The van der Waals surface area contributed by atoms with Crippen LogP contribution in [-0.2, 0) is 11.3 Å². The molecule has 1 amide bonds. The Kier molecular flexibility index (Phi) is 4.80. The van der Waals surface area contributed by atoms with E-state index in [0.29, 0.717) is 21.4 Å². The van der Waals surface area contributed by atoms with Crippen molar-refractivity contribution in [3.63, 3.8) is 0 Å². The highest BCUT2D eigenvalue weighted by Gasteiger charge is 2.19. The van der Waals surface area contributed by atoms with Gasteiger partial charge in [-0.1, -0.05) is 17.7 Å². The van der Waals surface area contributed by atoms with Crippen molar-refractivity contribution in [3.05, 3.63) is 55.9 Å². The van der Waals surface area contributed by atoms with Crippen molar-refractivity contribution in [3.8, 4) is 0 Å². The molecule has 134 valence electrons. The number of hydrogen-bond donors (Lipinski definition) is 2. The number of thiophene rings is 1. The maximum atomic E-state index is 12.7. The van der Waals surface area contributed by atoms with Crippen molar-refractivity contribution in [2.75, 3.05) is 5.32 Å². The molecule has 0 saturated heterocycles. The molecule has 0 aliphatic heterocycles. The number of aromatic nitrogens is 2. The first kappa shape index (κ1) is 18.1. The van der Waals surface area contributed by atoms with Crippen molar-refractivity contribution < 1.29 is 14.7 Å². The van der Waals surface area contributed by atoms with Gasteiger partial charge in [0, 0.05) is 16.1 Å². The van der Waals surface area contributed by atoms with Crippen LogP contribution in [0.1, 0.15) is 21.7 Å². The van der Waals surface area contributed by atoms with Gasteiger partial charge in [-0.2, -0.15) is 0 Å². The van der Waals surface area contributed by atoms with Gasteiger partial charge in [-0.05, 0) is 31.5 Å². The molecule has 0 bridgehead atoms. The van der Waals surface area contributed by atoms with E-state index in [0.717, 1.165) is 21.5 Å². The molecule has 0 unspecified atom stereocenters. The Morgan fingerprint density at radius 1 is 1.35 bits per heavy atom. The number of carboxylic acids is 1. The number of carboxylic acid groups (broad SMARTS) is 1. The first-order valence-corrected chi connectivity index (χ1v) is 8.81. The van der Waals surface area contributed by atoms with Gasteiger partial charge in [0.1, 0.15) is 17.2 Å². The molecular formula is C17H14ClN3O4S. The minimum Gasteiger partial charge on any atom is -0.478 e. The highest BCUT2D eigenvalue weighted by atomic mass is 35.5. The van der Waals surface area contributed by atoms with E-state index < -0.39 is 17.4 Å². The smallest absolute Gasteiger partial charge is 0.337 e. The van der Waals surface area contributed by atoms with E-state index in [2.05, 4.69) is 10.3 Å². The summed E-state index contributed by atoms with van der Waals surface area (Å²) in [6.45, 7) is 3.13. The number of nitrogens with one attached hydrogen (secondary N) is 1. The molecule has 0 fully saturated rings. The number of fused-ring (bicyclic) bond motifs is 1. The normalized spacial score (nSPS) is 10.9. The van der Waals surface area contributed by atoms with Gasteiger partial charge in [0.05, 0.1) is 10.9 Å². The Bertz CT molecular complexity index is 1100. The molecule has 0 saturated carbocycles. The van der Waals surface area contributed by atoms with Crippen molar-refractivity contribution >= 4 is 50.7 Å². The van der Waals surface area contributed by atoms with Gasteiger partial charge in [0.2, 0.25) is 5.91 Å². The second-order valence-corrected chi connectivity index (χ2v) is 6.99. The van der Waals surface area contributed by atoms with Gasteiger partial charge in [0.15, 0.2) is 0 Å². The molecule has 9 heteroatoms. The van der Waals surface area contributed by atoms with Crippen LogP contribution in [0.5, 0.6) is 0 Å². The Labute approximate surface area is 156 Å². The second kappa shape index (κ2) is 6.89. The molecule has 2 N–H and O–H groups in total. The highest BCUT2D eigenvalue weighted by Crippen LogP contribution is 2.22. The van der Waals surface area contributed by atoms with Crippen LogP contribution in [0.4, 0.5) is 5.69 Å². The minimum atomic E-state index is -1.20. The summed E-state index contributed by atoms with van der Waals surface area (Å²) in [6.07, 6.45) is 0. The number of amides is 1. The van der Waals surface area contributed by atoms with Crippen LogP contribution in [0, 0.1) is 13.8 Å². The third-order valence-electron chi connectivity index (χ3n) is 3.89. The third kappa shape index (κ3) is 3.33. The van der Waals surface area contributed by atoms with E-state index in [-0.39, 0.29) is 17.5 Å². The SMILES string of the molecule is Cc1ccc(Cl)cc1NC(=O)Cn1c(C)nc2scc(C(=O)O)c2c1=O. The fourth-order valence-electron chi connectivity index (χ4n) is 2.53. The maximum Gasteiger partial charge on any atom is 0.337 e. The molecule has 0 radical (unpaired) electrons.